The highest BCUT2D eigenvalue weighted by atomic mass is 35.5. The Kier molecular flexibility index (Phi) is 10.8. The number of hydrogen-bond donors (Lipinski definition) is 4. The van der Waals surface area contributed by atoms with Gasteiger partial charge >= 0.3 is 0 Å². The molecule has 4 N–H and O–H groups in total. The molecule has 0 unspecified atom stereocenters. The summed E-state index contributed by atoms with van der Waals surface area (Å²) in [6.45, 7) is 1.58. The zero-order valence-electron chi connectivity index (χ0n) is 28.0. The van der Waals surface area contributed by atoms with Gasteiger partial charge in [0, 0.05) is 35.0 Å². The van der Waals surface area contributed by atoms with Crippen molar-refractivity contribution in [3.05, 3.63) is 130 Å². The van der Waals surface area contributed by atoms with Gasteiger partial charge in [0.2, 0.25) is 0 Å². The van der Waals surface area contributed by atoms with Crippen molar-refractivity contribution in [1.29, 1.82) is 0 Å². The lowest BCUT2D eigenvalue weighted by Crippen LogP contribution is -2.17. The standard InChI is InChI=1S/C21H17ClFN3.C20H21ClFN3/c22-18-16(15-9-5-2-6-10-15)13-17-20(19(18)23)25-26-21(17)24-12-11-14-7-3-1-4-8-14;21-17-15(14-9-5-2-6-10-14)11-16-19(18(17)22)24-25-20(16)23-12-13-7-3-1-4-8-13/h1-10,13H,11-12H2,(H2,24,25,26);2,5-6,9-11,13H,1,3-4,7-8,12H2,(H2,23,24,25). The Hall–Kier alpha value is -4.92. The smallest absolute Gasteiger partial charge is 0.168 e. The summed E-state index contributed by atoms with van der Waals surface area (Å²) in [6.07, 6.45) is 7.31. The van der Waals surface area contributed by atoms with E-state index in [1.165, 1.54) is 37.7 Å². The molecule has 0 saturated heterocycles. The van der Waals surface area contributed by atoms with Crippen molar-refractivity contribution >= 4 is 56.6 Å². The molecule has 6 nitrogen and oxygen atoms in total. The van der Waals surface area contributed by atoms with Crippen molar-refractivity contribution in [2.24, 2.45) is 5.92 Å². The van der Waals surface area contributed by atoms with Gasteiger partial charge in [0.15, 0.2) is 23.3 Å². The third-order valence-electron chi connectivity index (χ3n) is 9.48. The van der Waals surface area contributed by atoms with E-state index in [0.29, 0.717) is 51.6 Å². The van der Waals surface area contributed by atoms with Crippen LogP contribution in [0.4, 0.5) is 20.4 Å². The van der Waals surface area contributed by atoms with Crippen LogP contribution < -0.4 is 10.6 Å². The molecule has 5 aromatic carbocycles. The number of anilines is 2. The summed E-state index contributed by atoms with van der Waals surface area (Å²) < 4.78 is 29.4. The lowest BCUT2D eigenvalue weighted by atomic mass is 9.89. The van der Waals surface area contributed by atoms with Crippen molar-refractivity contribution in [3.63, 3.8) is 0 Å². The van der Waals surface area contributed by atoms with Gasteiger partial charge in [-0.1, -0.05) is 133 Å². The number of aromatic amines is 2. The quantitative estimate of drug-likeness (QED) is 0.120. The highest BCUT2D eigenvalue weighted by Gasteiger charge is 2.20. The van der Waals surface area contributed by atoms with Gasteiger partial charge in [0.05, 0.1) is 10.0 Å². The van der Waals surface area contributed by atoms with Gasteiger partial charge in [-0.3, -0.25) is 10.2 Å². The average molecular weight is 724 g/mol. The molecule has 0 amide bonds. The maximum atomic E-state index is 14.7. The number of halogens is 4. The van der Waals surface area contributed by atoms with Crippen LogP contribution in [0.5, 0.6) is 0 Å². The van der Waals surface area contributed by atoms with Gasteiger partial charge in [0.1, 0.15) is 11.0 Å². The molecule has 10 heteroatoms. The zero-order valence-corrected chi connectivity index (χ0v) is 29.5. The van der Waals surface area contributed by atoms with E-state index in [1.807, 2.05) is 91.0 Å². The second-order valence-electron chi connectivity index (χ2n) is 12.9. The molecule has 1 aliphatic carbocycles. The van der Waals surface area contributed by atoms with Gasteiger partial charge in [-0.25, -0.2) is 8.78 Å². The predicted octanol–water partition coefficient (Wildman–Crippen LogP) is 11.7. The molecule has 2 heterocycles. The molecule has 1 fully saturated rings. The summed E-state index contributed by atoms with van der Waals surface area (Å²) in [5.74, 6) is 1.08. The van der Waals surface area contributed by atoms with E-state index in [2.05, 4.69) is 43.2 Å². The Balaban J connectivity index is 0.000000159. The lowest BCUT2D eigenvalue weighted by molar-refractivity contribution is 0.373. The molecular weight excluding hydrogens is 685 g/mol. The molecule has 51 heavy (non-hydrogen) atoms. The van der Waals surface area contributed by atoms with Crippen LogP contribution in [0.1, 0.15) is 37.7 Å². The topological polar surface area (TPSA) is 81.4 Å². The Morgan fingerprint density at radius 3 is 1.61 bits per heavy atom. The van der Waals surface area contributed by atoms with Gasteiger partial charge in [-0.15, -0.1) is 0 Å². The van der Waals surface area contributed by atoms with Crippen LogP contribution in [0.2, 0.25) is 10.0 Å². The minimum Gasteiger partial charge on any atom is -0.368 e. The maximum absolute atomic E-state index is 14.7. The normalized spacial score (nSPS) is 13.3. The predicted molar refractivity (Wildman–Crippen MR) is 207 cm³/mol. The molecule has 0 bridgehead atoms. The van der Waals surface area contributed by atoms with E-state index >= 15 is 0 Å². The number of nitrogens with one attached hydrogen (secondary N) is 4. The van der Waals surface area contributed by atoms with Crippen LogP contribution in [-0.2, 0) is 6.42 Å². The number of benzene rings is 5. The zero-order chi connectivity index (χ0) is 35.2. The second-order valence-corrected chi connectivity index (χ2v) is 13.6. The molecule has 2 aromatic heterocycles. The molecule has 0 radical (unpaired) electrons. The minimum absolute atomic E-state index is 0.100. The summed E-state index contributed by atoms with van der Waals surface area (Å²) in [6, 6.07) is 33.2. The van der Waals surface area contributed by atoms with Crippen LogP contribution in [0, 0.1) is 17.6 Å². The van der Waals surface area contributed by atoms with E-state index in [9.17, 15) is 8.78 Å². The molecule has 1 saturated carbocycles. The lowest BCUT2D eigenvalue weighted by Gasteiger charge is -2.21. The largest absolute Gasteiger partial charge is 0.368 e. The molecule has 0 aliphatic heterocycles. The Morgan fingerprint density at radius 2 is 1.10 bits per heavy atom. The number of fused-ring (bicyclic) bond motifs is 2. The number of hydrogen-bond acceptors (Lipinski definition) is 4. The van der Waals surface area contributed by atoms with Gasteiger partial charge < -0.3 is 10.6 Å². The molecular formula is C41H38Cl2F2N6. The molecule has 7 aromatic rings. The van der Waals surface area contributed by atoms with Gasteiger partial charge in [0.25, 0.3) is 0 Å². The summed E-state index contributed by atoms with van der Waals surface area (Å²) >= 11 is 12.5. The Labute approximate surface area is 305 Å². The van der Waals surface area contributed by atoms with Crippen molar-refractivity contribution in [1.82, 2.24) is 20.4 Å². The second kappa shape index (κ2) is 16.0. The highest BCUT2D eigenvalue weighted by molar-refractivity contribution is 6.35. The van der Waals surface area contributed by atoms with Crippen LogP contribution in [0.3, 0.4) is 0 Å². The van der Waals surface area contributed by atoms with Crippen LogP contribution in [0.25, 0.3) is 44.1 Å². The molecule has 260 valence electrons. The number of rotatable bonds is 9. The average Bonchev–Trinajstić information content (AvgIpc) is 3.79. The van der Waals surface area contributed by atoms with E-state index < -0.39 is 11.6 Å². The van der Waals surface area contributed by atoms with Gasteiger partial charge in [-0.2, -0.15) is 10.2 Å². The third-order valence-corrected chi connectivity index (χ3v) is 10.2. The first-order valence-electron chi connectivity index (χ1n) is 17.3. The van der Waals surface area contributed by atoms with Crippen LogP contribution in [0.15, 0.2) is 103 Å². The maximum Gasteiger partial charge on any atom is 0.168 e. The van der Waals surface area contributed by atoms with Crippen molar-refractivity contribution in [2.75, 3.05) is 23.7 Å². The Morgan fingerprint density at radius 1 is 0.627 bits per heavy atom. The number of aromatic nitrogens is 4. The summed E-state index contributed by atoms with van der Waals surface area (Å²) in [5.41, 5.74) is 5.02. The van der Waals surface area contributed by atoms with E-state index in [4.69, 9.17) is 23.2 Å². The van der Waals surface area contributed by atoms with E-state index in [1.54, 1.807) is 0 Å². The van der Waals surface area contributed by atoms with Crippen LogP contribution >= 0.6 is 23.2 Å². The fourth-order valence-electron chi connectivity index (χ4n) is 6.72. The molecule has 0 spiro atoms. The molecule has 8 rings (SSSR count). The van der Waals surface area contributed by atoms with Gasteiger partial charge in [-0.05, 0) is 54.0 Å². The van der Waals surface area contributed by atoms with E-state index in [0.717, 1.165) is 29.5 Å². The third kappa shape index (κ3) is 7.72. The number of H-pyrrole nitrogens is 2. The fraction of sp³-hybridized carbons (Fsp3) is 0.220. The monoisotopic (exact) mass is 722 g/mol. The molecule has 1 aliphatic rings. The van der Waals surface area contributed by atoms with E-state index in [-0.39, 0.29) is 10.0 Å². The first-order valence-corrected chi connectivity index (χ1v) is 18.1. The first-order chi connectivity index (χ1) is 25.0. The Bertz CT molecular complexity index is 2220. The SMILES string of the molecule is Fc1c(Cl)c(-c2ccccc2)cc2c(NCC3CCCCC3)n[nH]c12.Fc1c(Cl)c(-c2ccccc2)cc2c(NCCc3ccccc3)n[nH]c12. The van der Waals surface area contributed by atoms with Crippen LogP contribution in [-0.4, -0.2) is 33.5 Å². The first kappa shape index (κ1) is 34.5. The van der Waals surface area contributed by atoms with Crippen molar-refractivity contribution in [3.8, 4) is 22.3 Å². The molecule has 0 atom stereocenters. The summed E-state index contributed by atoms with van der Waals surface area (Å²) in [5, 5.41) is 22.4. The summed E-state index contributed by atoms with van der Waals surface area (Å²) in [4.78, 5) is 0. The number of nitrogens with zero attached hydrogens (tertiary/aromatic N) is 2. The summed E-state index contributed by atoms with van der Waals surface area (Å²) in [7, 11) is 0. The minimum atomic E-state index is -0.480. The fourth-order valence-corrected chi connectivity index (χ4v) is 7.23. The highest BCUT2D eigenvalue weighted by Crippen LogP contribution is 2.38. The van der Waals surface area contributed by atoms with Crippen molar-refractivity contribution < 1.29 is 8.78 Å². The van der Waals surface area contributed by atoms with Crippen molar-refractivity contribution in [2.45, 2.75) is 38.5 Å².